The number of nitrogens with zero attached hydrogens (tertiary/aromatic N) is 6. The maximum absolute atomic E-state index is 11.1. The molecule has 0 fully saturated rings. The van der Waals surface area contributed by atoms with Crippen molar-refractivity contribution in [1.82, 2.24) is 0 Å². The van der Waals surface area contributed by atoms with E-state index in [0.29, 0.717) is 11.4 Å². The summed E-state index contributed by atoms with van der Waals surface area (Å²) in [5.74, 6) is -2.83. The van der Waals surface area contributed by atoms with Gasteiger partial charge in [0, 0.05) is 5.56 Å². The molecule has 0 saturated carbocycles. The van der Waals surface area contributed by atoms with Gasteiger partial charge in [0.25, 0.3) is 0 Å². The number of azo groups is 3. The minimum atomic E-state index is -4.62. The summed E-state index contributed by atoms with van der Waals surface area (Å²) in [5.41, 5.74) is 2.42. The van der Waals surface area contributed by atoms with Gasteiger partial charge in [-0.3, -0.25) is 0 Å². The van der Waals surface area contributed by atoms with Gasteiger partial charge in [0.15, 0.2) is 11.4 Å². The number of carbonyl (C=O) groups is 1. The molecular weight excluding hydrogens is 616 g/mol. The summed E-state index contributed by atoms with van der Waals surface area (Å²) in [7, 11) is -4.62. The first-order chi connectivity index (χ1) is 22.0. The van der Waals surface area contributed by atoms with Crippen LogP contribution >= 0.6 is 0 Å². The number of aromatic carboxylic acids is 1. The van der Waals surface area contributed by atoms with Crippen molar-refractivity contribution < 1.29 is 38.2 Å². The van der Waals surface area contributed by atoms with Crippen LogP contribution in [-0.4, -0.2) is 34.3 Å². The smallest absolute Gasteiger partial charge is 0.174 e. The molecule has 0 aliphatic rings. The number of carboxylic acids is 1. The Morgan fingerprint density at radius 2 is 1.02 bits per heavy atom. The zero-order valence-electron chi connectivity index (χ0n) is 23.3. The molecule has 0 unspecified atom stereocenters. The largest absolute Gasteiger partial charge is 0.744 e. The molecule has 0 atom stereocenters. The van der Waals surface area contributed by atoms with Gasteiger partial charge < -0.3 is 29.8 Å². The molecule has 46 heavy (non-hydrogen) atoms. The van der Waals surface area contributed by atoms with Gasteiger partial charge in [0.1, 0.15) is 27.3 Å². The standard InChI is InChI=1S/C31H22N6O8S/c38-27-15-11-23(17-25(27)31(41)42)35-32-20-5-1-18(2-6-20)19-3-7-21(8-4-19)33-36-26-14-16-28(39)29(30(26)40)37-34-22-9-12-24(13-10-22)46(43,44)45/h1-17,38-40H,(H,41,42)(H,43,44,45)/p-2. The Morgan fingerprint density at radius 3 is 1.57 bits per heavy atom. The fraction of sp³-hybridized carbons (Fsp3) is 0. The van der Waals surface area contributed by atoms with Crippen LogP contribution in [0, 0.1) is 0 Å². The minimum Gasteiger partial charge on any atom is -0.744 e. The number of phenols is 3. The van der Waals surface area contributed by atoms with Gasteiger partial charge in [-0.25, -0.2) is 8.42 Å². The lowest BCUT2D eigenvalue weighted by atomic mass is 10.1. The van der Waals surface area contributed by atoms with Crippen LogP contribution in [0.1, 0.15) is 10.4 Å². The van der Waals surface area contributed by atoms with E-state index in [1.807, 2.05) is 24.3 Å². The fourth-order valence-corrected chi connectivity index (χ4v) is 4.41. The third-order valence-electron chi connectivity index (χ3n) is 6.32. The molecular formula is C31H20N6O8S-2. The van der Waals surface area contributed by atoms with Crippen molar-refractivity contribution in [3.8, 4) is 28.4 Å². The van der Waals surface area contributed by atoms with Crippen LogP contribution in [0.4, 0.5) is 34.1 Å². The number of carbonyl (C=O) groups excluding carboxylic acids is 1. The van der Waals surface area contributed by atoms with Gasteiger partial charge in [0.2, 0.25) is 0 Å². The number of phenolic OH excluding ortho intramolecular Hbond substituents is 2. The van der Waals surface area contributed by atoms with Crippen molar-refractivity contribution in [3.63, 3.8) is 0 Å². The SMILES string of the molecule is O=C([O-])c1cc(N=Nc2ccc(-c3ccc(N=Nc4ccc(O)c(N=Nc5ccc(S(=O)(=O)[O-])cc5)c4O)cc3)cc2)ccc1O. The molecule has 0 radical (unpaired) electrons. The van der Waals surface area contributed by atoms with Crippen molar-refractivity contribution in [2.45, 2.75) is 4.90 Å². The topological polar surface area (TPSA) is 232 Å². The van der Waals surface area contributed by atoms with E-state index >= 15 is 0 Å². The lowest BCUT2D eigenvalue weighted by Crippen LogP contribution is -2.22. The van der Waals surface area contributed by atoms with E-state index < -0.39 is 32.5 Å². The molecule has 14 nitrogen and oxygen atoms in total. The molecule has 230 valence electrons. The van der Waals surface area contributed by atoms with Gasteiger partial charge in [-0.05, 0) is 90.0 Å². The second kappa shape index (κ2) is 13.1. The zero-order chi connectivity index (χ0) is 32.8. The summed E-state index contributed by atoms with van der Waals surface area (Å²) in [6.07, 6.45) is 0. The first-order valence-corrected chi connectivity index (χ1v) is 14.5. The molecule has 0 spiro atoms. The number of rotatable bonds is 9. The van der Waals surface area contributed by atoms with Crippen LogP contribution in [-0.2, 0) is 10.1 Å². The summed E-state index contributed by atoms with van der Waals surface area (Å²) in [4.78, 5) is 10.6. The summed E-state index contributed by atoms with van der Waals surface area (Å²) >= 11 is 0. The molecule has 0 aliphatic heterocycles. The predicted molar refractivity (Wildman–Crippen MR) is 161 cm³/mol. The summed E-state index contributed by atoms with van der Waals surface area (Å²) in [6, 6.07) is 25.1. The van der Waals surface area contributed by atoms with Crippen molar-refractivity contribution >= 4 is 50.2 Å². The third kappa shape index (κ3) is 7.42. The van der Waals surface area contributed by atoms with Crippen molar-refractivity contribution in [3.05, 3.63) is 109 Å². The van der Waals surface area contributed by atoms with Gasteiger partial charge in [-0.2, -0.15) is 20.5 Å². The normalized spacial score (nSPS) is 11.9. The highest BCUT2D eigenvalue weighted by Crippen LogP contribution is 2.44. The Balaban J connectivity index is 1.26. The molecule has 0 saturated heterocycles. The highest BCUT2D eigenvalue weighted by molar-refractivity contribution is 7.85. The Bertz CT molecular complexity index is 2120. The van der Waals surface area contributed by atoms with E-state index in [0.717, 1.165) is 29.3 Å². The Kier molecular flexibility index (Phi) is 8.88. The van der Waals surface area contributed by atoms with E-state index in [-0.39, 0.29) is 34.1 Å². The van der Waals surface area contributed by atoms with Gasteiger partial charge >= 0.3 is 0 Å². The lowest BCUT2D eigenvalue weighted by Gasteiger charge is -2.06. The molecule has 3 N–H and O–H groups in total. The van der Waals surface area contributed by atoms with Crippen LogP contribution in [0.15, 0.2) is 139 Å². The molecule has 0 amide bonds. The van der Waals surface area contributed by atoms with E-state index in [1.54, 1.807) is 24.3 Å². The highest BCUT2D eigenvalue weighted by atomic mass is 32.2. The maximum atomic E-state index is 11.1. The van der Waals surface area contributed by atoms with Gasteiger partial charge in [0.05, 0.1) is 33.6 Å². The Morgan fingerprint density at radius 1 is 0.565 bits per heavy atom. The molecule has 5 aromatic carbocycles. The Hall–Kier alpha value is -6.32. The Labute approximate surface area is 260 Å². The van der Waals surface area contributed by atoms with Crippen LogP contribution in [0.25, 0.3) is 11.1 Å². The van der Waals surface area contributed by atoms with Crippen molar-refractivity contribution in [2.75, 3.05) is 0 Å². The zero-order valence-corrected chi connectivity index (χ0v) is 24.1. The quantitative estimate of drug-likeness (QED) is 0.112. The van der Waals surface area contributed by atoms with Crippen LogP contribution < -0.4 is 5.11 Å². The number of carboxylic acid groups (broad SMARTS) is 1. The molecule has 0 bridgehead atoms. The molecule has 5 rings (SSSR count). The number of hydrogen-bond donors (Lipinski definition) is 3. The highest BCUT2D eigenvalue weighted by Gasteiger charge is 2.12. The van der Waals surface area contributed by atoms with Crippen molar-refractivity contribution in [2.24, 2.45) is 30.7 Å². The first-order valence-electron chi connectivity index (χ1n) is 13.1. The predicted octanol–water partition coefficient (Wildman–Crippen LogP) is 6.98. The van der Waals surface area contributed by atoms with E-state index in [9.17, 15) is 38.2 Å². The second-order valence-corrected chi connectivity index (χ2v) is 10.8. The molecule has 0 heterocycles. The van der Waals surface area contributed by atoms with Crippen molar-refractivity contribution in [1.29, 1.82) is 0 Å². The number of benzene rings is 5. The summed E-state index contributed by atoms with van der Waals surface area (Å²) in [5, 5.41) is 65.3. The van der Waals surface area contributed by atoms with Gasteiger partial charge in [-0.1, -0.05) is 24.3 Å². The van der Waals surface area contributed by atoms with E-state index in [4.69, 9.17) is 0 Å². The fourth-order valence-electron chi connectivity index (χ4n) is 3.94. The first kappa shape index (κ1) is 31.1. The number of aromatic hydroxyl groups is 3. The van der Waals surface area contributed by atoms with Crippen LogP contribution in [0.5, 0.6) is 17.2 Å². The molecule has 0 aliphatic carbocycles. The summed E-state index contributed by atoms with van der Waals surface area (Å²) < 4.78 is 33.2. The summed E-state index contributed by atoms with van der Waals surface area (Å²) in [6.45, 7) is 0. The third-order valence-corrected chi connectivity index (χ3v) is 7.17. The van der Waals surface area contributed by atoms with Crippen LogP contribution in [0.2, 0.25) is 0 Å². The second-order valence-electron chi connectivity index (χ2n) is 9.43. The minimum absolute atomic E-state index is 0.00321. The van der Waals surface area contributed by atoms with Crippen LogP contribution in [0.3, 0.4) is 0 Å². The lowest BCUT2D eigenvalue weighted by molar-refractivity contribution is -0.255. The number of hydrogen-bond acceptors (Lipinski definition) is 14. The molecule has 5 aromatic rings. The van der Waals surface area contributed by atoms with E-state index in [1.165, 1.54) is 36.4 Å². The monoisotopic (exact) mass is 636 g/mol. The maximum Gasteiger partial charge on any atom is 0.174 e. The van der Waals surface area contributed by atoms with Gasteiger partial charge in [-0.15, -0.1) is 10.2 Å². The molecule has 15 heteroatoms. The average Bonchev–Trinajstić information content (AvgIpc) is 3.04. The average molecular weight is 637 g/mol. The van der Waals surface area contributed by atoms with E-state index in [2.05, 4.69) is 30.7 Å². The molecule has 0 aromatic heterocycles.